The van der Waals surface area contributed by atoms with Gasteiger partial charge in [-0.3, -0.25) is 4.79 Å². The number of carbonyl (C=O) groups is 1. The number of ether oxygens (including phenoxy) is 1. The van der Waals surface area contributed by atoms with Crippen molar-refractivity contribution in [3.63, 3.8) is 0 Å². The highest BCUT2D eigenvalue weighted by atomic mass is 16.5. The Bertz CT molecular complexity index is 231. The van der Waals surface area contributed by atoms with E-state index in [1.165, 1.54) is 51.4 Å². The fourth-order valence-electron chi connectivity index (χ4n) is 2.50. The molecule has 0 saturated heterocycles. The predicted molar refractivity (Wildman–Crippen MR) is 90.3 cm³/mol. The van der Waals surface area contributed by atoms with Crippen molar-refractivity contribution in [2.24, 2.45) is 5.73 Å². The lowest BCUT2D eigenvalue weighted by Crippen LogP contribution is -2.14. The molecule has 0 bridgehead atoms. The van der Waals surface area contributed by atoms with Crippen molar-refractivity contribution >= 4 is 5.97 Å². The number of carbonyl (C=O) groups excluding carboxylic acids is 1. The molecule has 126 valence electrons. The number of unbranched alkanes of at least 4 members (excludes halogenated alkanes) is 9. The Morgan fingerprint density at radius 1 is 0.905 bits per heavy atom. The molecule has 1 atom stereocenters. The van der Waals surface area contributed by atoms with Crippen molar-refractivity contribution in [2.45, 2.75) is 103 Å². The summed E-state index contributed by atoms with van der Waals surface area (Å²) in [4.78, 5) is 11.7. The molecular formula is C18H37NO2. The van der Waals surface area contributed by atoms with Gasteiger partial charge in [0, 0.05) is 6.42 Å². The number of hydrogen-bond acceptors (Lipinski definition) is 3. The first-order valence-corrected chi connectivity index (χ1v) is 9.10. The van der Waals surface area contributed by atoms with Gasteiger partial charge in [-0.05, 0) is 39.2 Å². The summed E-state index contributed by atoms with van der Waals surface area (Å²) in [6.45, 7) is 5.03. The van der Waals surface area contributed by atoms with Crippen molar-refractivity contribution < 1.29 is 9.53 Å². The fourth-order valence-corrected chi connectivity index (χ4v) is 2.50. The molecule has 3 heteroatoms. The quantitative estimate of drug-likeness (QED) is 0.343. The molecule has 0 aliphatic heterocycles. The second kappa shape index (κ2) is 15.8. The van der Waals surface area contributed by atoms with E-state index in [1.807, 2.05) is 6.92 Å². The van der Waals surface area contributed by atoms with E-state index in [0.717, 1.165) is 32.2 Å². The normalized spacial score (nSPS) is 12.3. The number of nitrogens with two attached hydrogens (primary N) is 1. The van der Waals surface area contributed by atoms with Crippen LogP contribution in [-0.2, 0) is 9.53 Å². The summed E-state index contributed by atoms with van der Waals surface area (Å²) < 4.78 is 5.45. The molecule has 0 spiro atoms. The van der Waals surface area contributed by atoms with Crippen LogP contribution >= 0.6 is 0 Å². The Balaban J connectivity index is 3.35. The zero-order chi connectivity index (χ0) is 15.8. The number of hydrogen-bond donors (Lipinski definition) is 1. The van der Waals surface area contributed by atoms with E-state index in [-0.39, 0.29) is 12.1 Å². The third kappa shape index (κ3) is 15.6. The highest BCUT2D eigenvalue weighted by Crippen LogP contribution is 2.12. The van der Waals surface area contributed by atoms with Crippen LogP contribution in [0.25, 0.3) is 0 Å². The van der Waals surface area contributed by atoms with E-state index < -0.39 is 0 Å². The zero-order valence-electron chi connectivity index (χ0n) is 14.4. The summed E-state index contributed by atoms with van der Waals surface area (Å²) >= 11 is 0. The maximum atomic E-state index is 11.7. The van der Waals surface area contributed by atoms with Gasteiger partial charge in [0.25, 0.3) is 0 Å². The molecule has 0 aromatic carbocycles. The van der Waals surface area contributed by atoms with E-state index in [4.69, 9.17) is 10.5 Å². The molecular weight excluding hydrogens is 262 g/mol. The maximum absolute atomic E-state index is 11.7. The van der Waals surface area contributed by atoms with E-state index in [0.29, 0.717) is 6.42 Å². The Hall–Kier alpha value is -0.570. The van der Waals surface area contributed by atoms with Gasteiger partial charge in [-0.15, -0.1) is 0 Å². The molecule has 0 aliphatic rings. The van der Waals surface area contributed by atoms with Crippen molar-refractivity contribution in [1.82, 2.24) is 0 Å². The Labute approximate surface area is 132 Å². The molecule has 0 amide bonds. The van der Waals surface area contributed by atoms with Crippen LogP contribution in [0, 0.1) is 0 Å². The van der Waals surface area contributed by atoms with Crippen LogP contribution in [0.1, 0.15) is 97.3 Å². The average Bonchev–Trinajstić information content (AvgIpc) is 2.46. The monoisotopic (exact) mass is 299 g/mol. The molecule has 0 heterocycles. The zero-order valence-corrected chi connectivity index (χ0v) is 14.4. The first-order chi connectivity index (χ1) is 10.2. The van der Waals surface area contributed by atoms with Crippen molar-refractivity contribution in [1.29, 1.82) is 0 Å². The summed E-state index contributed by atoms with van der Waals surface area (Å²) in [7, 11) is 0. The average molecular weight is 299 g/mol. The molecule has 0 aliphatic carbocycles. The van der Waals surface area contributed by atoms with Crippen LogP contribution < -0.4 is 5.73 Å². The highest BCUT2D eigenvalue weighted by molar-refractivity contribution is 5.69. The summed E-state index contributed by atoms with van der Waals surface area (Å²) in [5.41, 5.74) is 5.45. The van der Waals surface area contributed by atoms with E-state index >= 15 is 0 Å². The highest BCUT2D eigenvalue weighted by Gasteiger charge is 2.08. The van der Waals surface area contributed by atoms with Crippen LogP contribution in [0.4, 0.5) is 0 Å². The maximum Gasteiger partial charge on any atom is 0.306 e. The van der Waals surface area contributed by atoms with Crippen LogP contribution in [0.2, 0.25) is 0 Å². The second-order valence-corrected chi connectivity index (χ2v) is 6.16. The van der Waals surface area contributed by atoms with Gasteiger partial charge in [0.1, 0.15) is 0 Å². The van der Waals surface area contributed by atoms with Gasteiger partial charge in [0.15, 0.2) is 0 Å². The molecule has 0 fully saturated rings. The largest absolute Gasteiger partial charge is 0.463 e. The summed E-state index contributed by atoms with van der Waals surface area (Å²) in [6, 6.07) is 0. The predicted octanol–water partition coefficient (Wildman–Crippen LogP) is 4.97. The summed E-state index contributed by atoms with van der Waals surface area (Å²) in [5, 5.41) is 0. The lowest BCUT2D eigenvalue weighted by Gasteiger charge is -2.13. The third-order valence-corrected chi connectivity index (χ3v) is 3.88. The number of rotatable bonds is 15. The minimum atomic E-state index is -0.0210. The summed E-state index contributed by atoms with van der Waals surface area (Å²) in [5.74, 6) is -0.0210. The van der Waals surface area contributed by atoms with Crippen molar-refractivity contribution in [2.75, 3.05) is 6.54 Å². The van der Waals surface area contributed by atoms with Gasteiger partial charge >= 0.3 is 5.97 Å². The molecule has 1 unspecified atom stereocenters. The second-order valence-electron chi connectivity index (χ2n) is 6.16. The van der Waals surface area contributed by atoms with Gasteiger partial charge in [0.2, 0.25) is 0 Å². The molecule has 0 aromatic heterocycles. The minimum Gasteiger partial charge on any atom is -0.463 e. The molecule has 0 rings (SSSR count). The lowest BCUT2D eigenvalue weighted by atomic mass is 10.1. The Morgan fingerprint density at radius 2 is 1.48 bits per heavy atom. The minimum absolute atomic E-state index is 0.0210. The topological polar surface area (TPSA) is 52.3 Å². The van der Waals surface area contributed by atoms with Gasteiger partial charge < -0.3 is 10.5 Å². The SMILES string of the molecule is CCCCCCCCC(C)OC(=O)CCCCCCCN. The lowest BCUT2D eigenvalue weighted by molar-refractivity contribution is -0.148. The molecule has 0 radical (unpaired) electrons. The standard InChI is InChI=1S/C18H37NO2/c1-3-4-5-6-8-11-14-17(2)21-18(20)15-12-9-7-10-13-16-19/h17H,3-16,19H2,1-2H3. The van der Waals surface area contributed by atoms with E-state index in [9.17, 15) is 4.79 Å². The molecule has 2 N–H and O–H groups in total. The third-order valence-electron chi connectivity index (χ3n) is 3.88. The number of esters is 1. The fraction of sp³-hybridized carbons (Fsp3) is 0.944. The van der Waals surface area contributed by atoms with E-state index in [1.54, 1.807) is 0 Å². The van der Waals surface area contributed by atoms with Gasteiger partial charge in [-0.25, -0.2) is 0 Å². The first kappa shape index (κ1) is 20.4. The van der Waals surface area contributed by atoms with Gasteiger partial charge in [0.05, 0.1) is 6.10 Å². The molecule has 3 nitrogen and oxygen atoms in total. The molecule has 0 aromatic rings. The van der Waals surface area contributed by atoms with Crippen molar-refractivity contribution in [3.05, 3.63) is 0 Å². The Kier molecular flexibility index (Phi) is 15.4. The first-order valence-electron chi connectivity index (χ1n) is 9.10. The van der Waals surface area contributed by atoms with Gasteiger partial charge in [-0.1, -0.05) is 58.3 Å². The summed E-state index contributed by atoms with van der Waals surface area (Å²) in [6.07, 6.45) is 14.9. The van der Waals surface area contributed by atoms with Gasteiger partial charge in [-0.2, -0.15) is 0 Å². The van der Waals surface area contributed by atoms with Crippen LogP contribution in [0.5, 0.6) is 0 Å². The Morgan fingerprint density at radius 3 is 2.14 bits per heavy atom. The molecule has 0 saturated carbocycles. The van der Waals surface area contributed by atoms with Crippen molar-refractivity contribution in [3.8, 4) is 0 Å². The van der Waals surface area contributed by atoms with E-state index in [2.05, 4.69) is 6.92 Å². The molecule has 21 heavy (non-hydrogen) atoms. The van der Waals surface area contributed by atoms with Crippen LogP contribution in [0.15, 0.2) is 0 Å². The van der Waals surface area contributed by atoms with Crippen LogP contribution in [0.3, 0.4) is 0 Å². The van der Waals surface area contributed by atoms with Crippen LogP contribution in [-0.4, -0.2) is 18.6 Å². The smallest absolute Gasteiger partial charge is 0.306 e.